The van der Waals surface area contributed by atoms with Gasteiger partial charge in [-0.3, -0.25) is 0 Å². The van der Waals surface area contributed by atoms with Crippen LogP contribution in [0, 0.1) is 0 Å². The molecule has 0 saturated heterocycles. The van der Waals surface area contributed by atoms with E-state index in [0.29, 0.717) is 0 Å². The SMILES string of the molecule is CCCCCCCCCCCCCCC1CCCc2ccccc21. The van der Waals surface area contributed by atoms with Crippen LogP contribution in [0.5, 0.6) is 0 Å². The first kappa shape index (κ1) is 19.5. The minimum atomic E-state index is 0.859. The zero-order chi connectivity index (χ0) is 16.9. The maximum Gasteiger partial charge on any atom is -0.0159 e. The van der Waals surface area contributed by atoms with Crippen molar-refractivity contribution >= 4 is 0 Å². The van der Waals surface area contributed by atoms with Gasteiger partial charge in [-0.2, -0.15) is 0 Å². The number of aryl methyl sites for hydroxylation is 1. The topological polar surface area (TPSA) is 0 Å². The van der Waals surface area contributed by atoms with Gasteiger partial charge in [-0.05, 0) is 42.7 Å². The molecule has 1 aliphatic carbocycles. The molecule has 1 aromatic carbocycles. The van der Waals surface area contributed by atoms with Crippen LogP contribution >= 0.6 is 0 Å². The Labute approximate surface area is 151 Å². The van der Waals surface area contributed by atoms with Crippen LogP contribution in [0.1, 0.15) is 120 Å². The van der Waals surface area contributed by atoms with Crippen LogP contribution in [0.15, 0.2) is 24.3 Å². The first-order valence-electron chi connectivity index (χ1n) is 11.0. The van der Waals surface area contributed by atoms with Crippen LogP contribution in [0.25, 0.3) is 0 Å². The summed E-state index contributed by atoms with van der Waals surface area (Å²) >= 11 is 0. The monoisotopic (exact) mass is 328 g/mol. The fourth-order valence-electron chi connectivity index (χ4n) is 4.39. The minimum Gasteiger partial charge on any atom is -0.0654 e. The Kier molecular flexibility index (Phi) is 10.2. The summed E-state index contributed by atoms with van der Waals surface area (Å²) in [4.78, 5) is 0. The van der Waals surface area contributed by atoms with Crippen molar-refractivity contribution in [3.63, 3.8) is 0 Å². The highest BCUT2D eigenvalue weighted by Gasteiger charge is 2.18. The van der Waals surface area contributed by atoms with Crippen molar-refractivity contribution in [1.82, 2.24) is 0 Å². The maximum atomic E-state index is 2.39. The molecule has 2 rings (SSSR count). The molecule has 1 aliphatic rings. The van der Waals surface area contributed by atoms with Gasteiger partial charge in [0.2, 0.25) is 0 Å². The van der Waals surface area contributed by atoms with Crippen LogP contribution in [0.3, 0.4) is 0 Å². The lowest BCUT2D eigenvalue weighted by molar-refractivity contribution is 0.480. The molecular weight excluding hydrogens is 288 g/mol. The van der Waals surface area contributed by atoms with Gasteiger partial charge in [-0.25, -0.2) is 0 Å². The molecule has 0 fully saturated rings. The molecule has 0 bridgehead atoms. The summed E-state index contributed by atoms with van der Waals surface area (Å²) in [6.45, 7) is 2.30. The Morgan fingerprint density at radius 1 is 0.750 bits per heavy atom. The van der Waals surface area contributed by atoms with Crippen LogP contribution in [-0.4, -0.2) is 0 Å². The molecule has 136 valence electrons. The van der Waals surface area contributed by atoms with Gasteiger partial charge < -0.3 is 0 Å². The van der Waals surface area contributed by atoms with E-state index in [-0.39, 0.29) is 0 Å². The molecule has 1 atom stereocenters. The lowest BCUT2D eigenvalue weighted by Crippen LogP contribution is -2.09. The smallest absolute Gasteiger partial charge is 0.0159 e. The van der Waals surface area contributed by atoms with Gasteiger partial charge in [0.1, 0.15) is 0 Å². The normalized spacial score (nSPS) is 17.0. The van der Waals surface area contributed by atoms with Gasteiger partial charge in [0, 0.05) is 0 Å². The van der Waals surface area contributed by atoms with E-state index in [1.807, 2.05) is 0 Å². The van der Waals surface area contributed by atoms with Gasteiger partial charge in [0.05, 0.1) is 0 Å². The molecule has 0 aliphatic heterocycles. The highest BCUT2D eigenvalue weighted by Crippen LogP contribution is 2.35. The standard InChI is InChI=1S/C24H40/c1-2-3-4-5-6-7-8-9-10-11-12-13-17-22-19-16-20-23-18-14-15-21-24(22)23/h14-15,18,21-22H,2-13,16-17,19-20H2,1H3. The summed E-state index contributed by atoms with van der Waals surface area (Å²) in [6.07, 6.45) is 23.0. The molecule has 0 heterocycles. The van der Waals surface area contributed by atoms with E-state index < -0.39 is 0 Å². The van der Waals surface area contributed by atoms with E-state index in [2.05, 4.69) is 31.2 Å². The van der Waals surface area contributed by atoms with Crippen molar-refractivity contribution in [2.45, 2.75) is 116 Å². The number of fused-ring (bicyclic) bond motifs is 1. The Morgan fingerprint density at radius 3 is 2.00 bits per heavy atom. The third-order valence-corrected chi connectivity index (χ3v) is 5.90. The van der Waals surface area contributed by atoms with Crippen molar-refractivity contribution in [3.8, 4) is 0 Å². The molecule has 0 spiro atoms. The van der Waals surface area contributed by atoms with Gasteiger partial charge in [-0.15, -0.1) is 0 Å². The number of benzene rings is 1. The number of rotatable bonds is 13. The Bertz CT molecular complexity index is 420. The van der Waals surface area contributed by atoms with Gasteiger partial charge >= 0.3 is 0 Å². The minimum absolute atomic E-state index is 0.859. The maximum absolute atomic E-state index is 2.39. The molecule has 24 heavy (non-hydrogen) atoms. The lowest BCUT2D eigenvalue weighted by Gasteiger charge is -2.25. The van der Waals surface area contributed by atoms with Crippen molar-refractivity contribution < 1.29 is 0 Å². The van der Waals surface area contributed by atoms with Gasteiger partial charge in [-0.1, -0.05) is 108 Å². The van der Waals surface area contributed by atoms with E-state index in [9.17, 15) is 0 Å². The average molecular weight is 329 g/mol. The summed E-state index contributed by atoms with van der Waals surface area (Å²) in [6, 6.07) is 9.19. The van der Waals surface area contributed by atoms with Crippen molar-refractivity contribution in [2.75, 3.05) is 0 Å². The molecule has 1 unspecified atom stereocenters. The van der Waals surface area contributed by atoms with Crippen molar-refractivity contribution in [1.29, 1.82) is 0 Å². The quantitative estimate of drug-likeness (QED) is 0.320. The summed E-state index contributed by atoms with van der Waals surface area (Å²) in [5.41, 5.74) is 3.31. The van der Waals surface area contributed by atoms with Crippen LogP contribution < -0.4 is 0 Å². The average Bonchev–Trinajstić information content (AvgIpc) is 2.63. The number of hydrogen-bond acceptors (Lipinski definition) is 0. The molecular formula is C24H40. The molecule has 0 radical (unpaired) electrons. The largest absolute Gasteiger partial charge is 0.0654 e. The predicted octanol–water partition coefficient (Wildman–Crippen LogP) is 8.20. The summed E-state index contributed by atoms with van der Waals surface area (Å²) in [5.74, 6) is 0.859. The van der Waals surface area contributed by atoms with Crippen molar-refractivity contribution in [3.05, 3.63) is 35.4 Å². The van der Waals surface area contributed by atoms with E-state index in [1.165, 1.54) is 103 Å². The van der Waals surface area contributed by atoms with Crippen LogP contribution in [0.4, 0.5) is 0 Å². The second-order valence-corrected chi connectivity index (χ2v) is 7.97. The van der Waals surface area contributed by atoms with Crippen molar-refractivity contribution in [2.24, 2.45) is 0 Å². The summed E-state index contributed by atoms with van der Waals surface area (Å²) < 4.78 is 0. The van der Waals surface area contributed by atoms with E-state index >= 15 is 0 Å². The Morgan fingerprint density at radius 2 is 1.33 bits per heavy atom. The molecule has 0 heteroatoms. The predicted molar refractivity (Wildman–Crippen MR) is 108 cm³/mol. The first-order valence-corrected chi connectivity index (χ1v) is 11.0. The third-order valence-electron chi connectivity index (χ3n) is 5.90. The summed E-state index contributed by atoms with van der Waals surface area (Å²) in [5, 5.41) is 0. The molecule has 0 saturated carbocycles. The molecule has 0 nitrogen and oxygen atoms in total. The molecule has 0 amide bonds. The summed E-state index contributed by atoms with van der Waals surface area (Å²) in [7, 11) is 0. The van der Waals surface area contributed by atoms with E-state index in [4.69, 9.17) is 0 Å². The second kappa shape index (κ2) is 12.6. The molecule has 0 aromatic heterocycles. The van der Waals surface area contributed by atoms with E-state index in [1.54, 1.807) is 11.1 Å². The van der Waals surface area contributed by atoms with Gasteiger partial charge in [0.25, 0.3) is 0 Å². The van der Waals surface area contributed by atoms with Gasteiger partial charge in [0.15, 0.2) is 0 Å². The highest BCUT2D eigenvalue weighted by atomic mass is 14.2. The zero-order valence-electron chi connectivity index (χ0n) is 16.2. The Balaban J connectivity index is 1.44. The third kappa shape index (κ3) is 7.41. The fraction of sp³-hybridized carbons (Fsp3) is 0.750. The number of unbranched alkanes of at least 4 members (excludes halogenated alkanes) is 11. The molecule has 0 N–H and O–H groups in total. The second-order valence-electron chi connectivity index (χ2n) is 7.97. The van der Waals surface area contributed by atoms with Crippen LogP contribution in [0.2, 0.25) is 0 Å². The highest BCUT2D eigenvalue weighted by molar-refractivity contribution is 5.32. The lowest BCUT2D eigenvalue weighted by atomic mass is 9.80. The zero-order valence-corrected chi connectivity index (χ0v) is 16.2. The van der Waals surface area contributed by atoms with E-state index in [0.717, 1.165) is 5.92 Å². The number of hydrogen-bond donors (Lipinski definition) is 0. The van der Waals surface area contributed by atoms with Crippen LogP contribution in [-0.2, 0) is 6.42 Å². The first-order chi connectivity index (χ1) is 11.9. The molecule has 1 aromatic rings. The fourth-order valence-corrected chi connectivity index (χ4v) is 4.39. The Hall–Kier alpha value is -0.780.